The first-order chi connectivity index (χ1) is 16.9. The Morgan fingerprint density at radius 3 is 2.06 bits per heavy atom. The lowest BCUT2D eigenvalue weighted by Crippen LogP contribution is -2.49. The lowest BCUT2D eigenvalue weighted by molar-refractivity contribution is -0.259. The Bertz CT molecular complexity index is 833. The highest BCUT2D eigenvalue weighted by Crippen LogP contribution is 2.36. The van der Waals surface area contributed by atoms with E-state index in [2.05, 4.69) is 58.9 Å². The number of benzene rings is 2. The van der Waals surface area contributed by atoms with Crippen molar-refractivity contribution in [1.82, 2.24) is 0 Å². The summed E-state index contributed by atoms with van der Waals surface area (Å²) in [5.41, 5.74) is 8.93. The zero-order valence-electron chi connectivity index (χ0n) is 22.1. The molecule has 0 saturated carbocycles. The summed E-state index contributed by atoms with van der Waals surface area (Å²) in [5, 5.41) is 0. The van der Waals surface area contributed by atoms with Gasteiger partial charge in [0.25, 0.3) is 0 Å². The molecule has 1 aliphatic rings. The maximum Gasteiger partial charge on any atom is 0.160 e. The van der Waals surface area contributed by atoms with E-state index in [4.69, 9.17) is 24.7 Å². The van der Waals surface area contributed by atoms with E-state index in [1.165, 1.54) is 11.1 Å². The van der Waals surface area contributed by atoms with Gasteiger partial charge in [0.2, 0.25) is 0 Å². The van der Waals surface area contributed by atoms with Gasteiger partial charge in [-0.3, -0.25) is 0 Å². The molecule has 0 aliphatic carbocycles. The van der Waals surface area contributed by atoms with Crippen molar-refractivity contribution in [3.05, 3.63) is 71.8 Å². The van der Waals surface area contributed by atoms with Gasteiger partial charge in [-0.1, -0.05) is 95.3 Å². The van der Waals surface area contributed by atoms with Crippen LogP contribution in [0.3, 0.4) is 0 Å². The van der Waals surface area contributed by atoms with E-state index in [0.717, 1.165) is 6.42 Å². The average Bonchev–Trinajstić information content (AvgIpc) is 2.89. The molecule has 0 spiro atoms. The summed E-state index contributed by atoms with van der Waals surface area (Å²) < 4.78 is 24.9. The van der Waals surface area contributed by atoms with Crippen LogP contribution in [0.2, 0.25) is 0 Å². The predicted octanol–water partition coefficient (Wildman–Crippen LogP) is 5.81. The van der Waals surface area contributed by atoms with Crippen LogP contribution in [-0.4, -0.2) is 37.8 Å². The van der Waals surface area contributed by atoms with E-state index in [-0.39, 0.29) is 36.4 Å². The van der Waals surface area contributed by atoms with Gasteiger partial charge in [-0.2, -0.15) is 0 Å². The molecule has 1 fully saturated rings. The van der Waals surface area contributed by atoms with Gasteiger partial charge in [-0.05, 0) is 35.3 Å². The number of rotatable bonds is 13. The molecule has 0 radical (unpaired) electrons. The number of hydrogen-bond donors (Lipinski definition) is 1. The quantitative estimate of drug-likeness (QED) is 0.389. The molecule has 1 saturated heterocycles. The van der Waals surface area contributed by atoms with Gasteiger partial charge in [-0.25, -0.2) is 0 Å². The molecule has 3 rings (SSSR count). The van der Waals surface area contributed by atoms with Gasteiger partial charge in [0.15, 0.2) is 6.29 Å². The molecule has 5 nitrogen and oxygen atoms in total. The zero-order chi connectivity index (χ0) is 25.2. The van der Waals surface area contributed by atoms with Gasteiger partial charge in [0.1, 0.15) is 0 Å². The van der Waals surface area contributed by atoms with Crippen molar-refractivity contribution in [2.45, 2.75) is 78.8 Å². The molecule has 0 amide bonds. The van der Waals surface area contributed by atoms with Crippen LogP contribution in [0.5, 0.6) is 0 Å². The third-order valence-electron chi connectivity index (χ3n) is 7.80. The Labute approximate surface area is 212 Å². The minimum Gasteiger partial charge on any atom is -0.374 e. The van der Waals surface area contributed by atoms with Crippen molar-refractivity contribution in [1.29, 1.82) is 0 Å². The van der Waals surface area contributed by atoms with Crippen molar-refractivity contribution in [3.63, 3.8) is 0 Å². The summed E-state index contributed by atoms with van der Waals surface area (Å²) >= 11 is 0. The van der Waals surface area contributed by atoms with Gasteiger partial charge in [-0.15, -0.1) is 0 Å². The smallest absolute Gasteiger partial charge is 0.160 e. The van der Waals surface area contributed by atoms with Crippen molar-refractivity contribution in [3.8, 4) is 0 Å². The first-order valence-electron chi connectivity index (χ1n) is 13.2. The van der Waals surface area contributed by atoms with Crippen LogP contribution in [0, 0.1) is 23.7 Å². The molecule has 5 heteroatoms. The standard InChI is InChI=1S/C30H45NO4/c1-6-28(33-18-26-15-11-8-12-16-26)24(5)27(31)19-34-30-23(4)21(2)22(3)29(35-30)20-32-17-25-13-9-7-10-14-25/h7-16,21-24,27-30H,6,17-20,31H2,1-5H3/t21?,22?,23?,24-,27-,28+,29?,30?/m0/s1. The second-order valence-corrected chi connectivity index (χ2v) is 10.2. The number of ether oxygens (including phenoxy) is 4. The van der Waals surface area contributed by atoms with Crippen molar-refractivity contribution >= 4 is 0 Å². The minimum absolute atomic E-state index is 0.00107. The maximum absolute atomic E-state index is 6.58. The Morgan fingerprint density at radius 1 is 0.857 bits per heavy atom. The van der Waals surface area contributed by atoms with Crippen LogP contribution >= 0.6 is 0 Å². The second kappa shape index (κ2) is 14.1. The monoisotopic (exact) mass is 483 g/mol. The molecule has 0 aromatic heterocycles. The lowest BCUT2D eigenvalue weighted by atomic mass is 9.79. The third kappa shape index (κ3) is 8.12. The van der Waals surface area contributed by atoms with Gasteiger partial charge in [0, 0.05) is 12.0 Å². The molecule has 5 unspecified atom stereocenters. The molecule has 1 heterocycles. The van der Waals surface area contributed by atoms with E-state index in [9.17, 15) is 0 Å². The number of hydrogen-bond acceptors (Lipinski definition) is 5. The molecule has 194 valence electrons. The zero-order valence-corrected chi connectivity index (χ0v) is 22.1. The largest absolute Gasteiger partial charge is 0.374 e. The Morgan fingerprint density at radius 2 is 1.46 bits per heavy atom. The molecular formula is C30H45NO4. The highest BCUT2D eigenvalue weighted by molar-refractivity contribution is 5.14. The summed E-state index contributed by atoms with van der Waals surface area (Å²) in [6.07, 6.45) is 0.709. The molecule has 35 heavy (non-hydrogen) atoms. The fourth-order valence-corrected chi connectivity index (χ4v) is 4.79. The molecule has 0 bridgehead atoms. The molecule has 2 aromatic carbocycles. The van der Waals surface area contributed by atoms with Crippen molar-refractivity contribution in [2.75, 3.05) is 13.2 Å². The lowest BCUT2D eigenvalue weighted by Gasteiger charge is -2.43. The summed E-state index contributed by atoms with van der Waals surface area (Å²) in [6, 6.07) is 20.4. The predicted molar refractivity (Wildman–Crippen MR) is 141 cm³/mol. The van der Waals surface area contributed by atoms with Gasteiger partial charge >= 0.3 is 0 Å². The fourth-order valence-electron chi connectivity index (χ4n) is 4.79. The van der Waals surface area contributed by atoms with Gasteiger partial charge < -0.3 is 24.7 Å². The Hall–Kier alpha value is -1.76. The van der Waals surface area contributed by atoms with Crippen molar-refractivity contribution < 1.29 is 18.9 Å². The molecule has 2 N–H and O–H groups in total. The molecule has 8 atom stereocenters. The van der Waals surface area contributed by atoms with Crippen LogP contribution in [-0.2, 0) is 32.2 Å². The first kappa shape index (κ1) is 27.8. The van der Waals surface area contributed by atoms with Crippen LogP contribution in [0.25, 0.3) is 0 Å². The number of nitrogens with two attached hydrogens (primary N) is 1. The van der Waals surface area contributed by atoms with Gasteiger partial charge in [0.05, 0.1) is 38.6 Å². The molecule has 2 aromatic rings. The Balaban J connectivity index is 1.48. The summed E-state index contributed by atoms with van der Waals surface area (Å²) in [6.45, 7) is 13.2. The van der Waals surface area contributed by atoms with Crippen LogP contribution in [0.4, 0.5) is 0 Å². The van der Waals surface area contributed by atoms with Crippen LogP contribution < -0.4 is 5.73 Å². The van der Waals surface area contributed by atoms with Crippen LogP contribution in [0.15, 0.2) is 60.7 Å². The topological polar surface area (TPSA) is 62.9 Å². The van der Waals surface area contributed by atoms with E-state index in [1.807, 2.05) is 36.4 Å². The van der Waals surface area contributed by atoms with Crippen LogP contribution in [0.1, 0.15) is 52.2 Å². The van der Waals surface area contributed by atoms with Crippen molar-refractivity contribution in [2.24, 2.45) is 29.4 Å². The normalized spacial score (nSPS) is 27.3. The SMILES string of the molecule is CC[C@@H](OCc1ccccc1)[C@@H](C)[C@@H](N)COC1OC(COCc2ccccc2)C(C)C(C)C1C. The fraction of sp³-hybridized carbons (Fsp3) is 0.600. The maximum atomic E-state index is 6.58. The molecule has 1 aliphatic heterocycles. The van der Waals surface area contributed by atoms with E-state index >= 15 is 0 Å². The van der Waals surface area contributed by atoms with E-state index < -0.39 is 0 Å². The van der Waals surface area contributed by atoms with E-state index in [0.29, 0.717) is 38.3 Å². The minimum atomic E-state index is -0.282. The average molecular weight is 484 g/mol. The third-order valence-corrected chi connectivity index (χ3v) is 7.80. The first-order valence-corrected chi connectivity index (χ1v) is 13.2. The summed E-state index contributed by atoms with van der Waals surface area (Å²) in [5.74, 6) is 1.31. The summed E-state index contributed by atoms with van der Waals surface area (Å²) in [4.78, 5) is 0. The highest BCUT2D eigenvalue weighted by atomic mass is 16.7. The second-order valence-electron chi connectivity index (χ2n) is 10.2. The van der Waals surface area contributed by atoms with E-state index in [1.54, 1.807) is 0 Å². The molecular weight excluding hydrogens is 438 g/mol. The summed E-state index contributed by atoms with van der Waals surface area (Å²) in [7, 11) is 0. The Kier molecular flexibility index (Phi) is 11.2. The highest BCUT2D eigenvalue weighted by Gasteiger charge is 2.40.